The summed E-state index contributed by atoms with van der Waals surface area (Å²) >= 11 is 0. The number of halogens is 2. The van der Waals surface area contributed by atoms with Crippen molar-refractivity contribution in [3.05, 3.63) is 59.9 Å². The largest absolute Gasteiger partial charge is 0.382 e. The molecule has 1 fully saturated rings. The number of anilines is 3. The molecule has 188 valence electrons. The topological polar surface area (TPSA) is 106 Å². The maximum Gasteiger partial charge on any atom is 0.228 e. The van der Waals surface area contributed by atoms with Gasteiger partial charge in [0.15, 0.2) is 11.5 Å². The Balaban J connectivity index is 0.00000169. The third-order valence-corrected chi connectivity index (χ3v) is 5.95. The molecule has 1 saturated heterocycles. The van der Waals surface area contributed by atoms with Crippen molar-refractivity contribution >= 4 is 23.2 Å². The minimum Gasteiger partial charge on any atom is -0.382 e. The first-order chi connectivity index (χ1) is 16.9. The summed E-state index contributed by atoms with van der Waals surface area (Å²) in [5, 5.41) is 7.69. The Bertz CT molecular complexity index is 1370. The van der Waals surface area contributed by atoms with E-state index in [2.05, 4.69) is 15.4 Å². The number of fused-ring (bicyclic) bond motifs is 1. The molecule has 1 atom stereocenters. The highest BCUT2D eigenvalue weighted by Gasteiger charge is 2.24. The van der Waals surface area contributed by atoms with Gasteiger partial charge in [-0.2, -0.15) is 4.98 Å². The molecule has 1 aromatic carbocycles. The Labute approximate surface area is 205 Å². The summed E-state index contributed by atoms with van der Waals surface area (Å²) in [6.45, 7) is 6.30. The molecule has 9 nitrogen and oxygen atoms in total. The highest BCUT2D eigenvalue weighted by atomic mass is 19.1. The summed E-state index contributed by atoms with van der Waals surface area (Å²) in [5.74, 6) is -0.00689. The summed E-state index contributed by atoms with van der Waals surface area (Å²) in [5.41, 5.74) is 8.31. The van der Waals surface area contributed by atoms with E-state index >= 15 is 0 Å². The van der Waals surface area contributed by atoms with Gasteiger partial charge in [-0.3, -0.25) is 0 Å². The van der Waals surface area contributed by atoms with Crippen LogP contribution in [-0.2, 0) is 4.74 Å². The smallest absolute Gasteiger partial charge is 0.228 e. The van der Waals surface area contributed by atoms with Gasteiger partial charge in [-0.15, -0.1) is 5.10 Å². The zero-order valence-corrected chi connectivity index (χ0v) is 19.4. The lowest BCUT2D eigenvalue weighted by Gasteiger charge is -2.28. The second kappa shape index (κ2) is 9.41. The number of nitrogens with one attached hydrogen (secondary N) is 1. The van der Waals surface area contributed by atoms with Crippen molar-refractivity contribution in [2.24, 2.45) is 5.92 Å². The van der Waals surface area contributed by atoms with E-state index < -0.39 is 17.7 Å². The molecule has 0 saturated carbocycles. The lowest BCUT2D eigenvalue weighted by atomic mass is 9.95. The van der Waals surface area contributed by atoms with Crippen LogP contribution >= 0.6 is 0 Å². The van der Waals surface area contributed by atoms with Gasteiger partial charge in [0.05, 0.1) is 30.5 Å². The summed E-state index contributed by atoms with van der Waals surface area (Å²) < 4.78 is 35.3. The standard InChI is InChI=1S/C24H26F2N8O.3H2/c1-14(2)21(16-5-4-15(25)12-17(16)26)30-19-13-18(29-24(31-19)33-8-10-35-11-9-33)20-22(27)32-34-7-3-6-28-23(20)34;;;/h3-7,12-14,21H,8-11H2,1-2H3,(H2,27,32)(H,29,30,31);3*1H/t21-;;;/m0.../s1. The lowest BCUT2D eigenvalue weighted by Crippen LogP contribution is -2.37. The van der Waals surface area contributed by atoms with Crippen molar-refractivity contribution < 1.29 is 17.8 Å². The van der Waals surface area contributed by atoms with E-state index in [0.717, 1.165) is 6.07 Å². The molecule has 0 bridgehead atoms. The molecular formula is C24H32F2N8O. The first kappa shape index (κ1) is 22.9. The number of benzene rings is 1. The van der Waals surface area contributed by atoms with E-state index in [4.69, 9.17) is 20.4 Å². The van der Waals surface area contributed by atoms with Gasteiger partial charge in [0.25, 0.3) is 0 Å². The van der Waals surface area contributed by atoms with Crippen molar-refractivity contribution in [3.8, 4) is 11.3 Å². The Morgan fingerprint density at radius 2 is 1.94 bits per heavy atom. The van der Waals surface area contributed by atoms with Crippen molar-refractivity contribution in [2.75, 3.05) is 42.3 Å². The molecule has 0 spiro atoms. The molecule has 0 unspecified atom stereocenters. The first-order valence-corrected chi connectivity index (χ1v) is 11.4. The van der Waals surface area contributed by atoms with Crippen LogP contribution in [0.5, 0.6) is 0 Å². The molecule has 0 radical (unpaired) electrons. The predicted octanol–water partition coefficient (Wildman–Crippen LogP) is 4.43. The van der Waals surface area contributed by atoms with Crippen molar-refractivity contribution in [1.82, 2.24) is 24.6 Å². The van der Waals surface area contributed by atoms with E-state index in [9.17, 15) is 8.78 Å². The van der Waals surface area contributed by atoms with Gasteiger partial charge in [-0.05, 0) is 18.1 Å². The molecule has 3 N–H and O–H groups in total. The van der Waals surface area contributed by atoms with Gasteiger partial charge in [0.1, 0.15) is 17.5 Å². The van der Waals surface area contributed by atoms with E-state index in [1.54, 1.807) is 29.0 Å². The average molecular weight is 487 g/mol. The molecule has 3 aromatic heterocycles. The van der Waals surface area contributed by atoms with Gasteiger partial charge in [-0.25, -0.2) is 23.3 Å². The van der Waals surface area contributed by atoms with Crippen LogP contribution in [-0.4, -0.2) is 50.9 Å². The van der Waals surface area contributed by atoms with Crippen LogP contribution in [0.15, 0.2) is 42.7 Å². The van der Waals surface area contributed by atoms with E-state index in [1.165, 1.54) is 12.1 Å². The predicted molar refractivity (Wildman–Crippen MR) is 135 cm³/mol. The number of hydrogen-bond acceptors (Lipinski definition) is 8. The molecule has 1 aliphatic rings. The molecule has 1 aliphatic heterocycles. The third-order valence-electron chi connectivity index (χ3n) is 5.95. The molecule has 4 heterocycles. The van der Waals surface area contributed by atoms with E-state index in [1.807, 2.05) is 18.7 Å². The molecule has 5 rings (SSSR count). The minimum atomic E-state index is -0.622. The Hall–Kier alpha value is -3.86. The van der Waals surface area contributed by atoms with Crippen LogP contribution < -0.4 is 16.0 Å². The Morgan fingerprint density at radius 1 is 1.14 bits per heavy atom. The van der Waals surface area contributed by atoms with Crippen molar-refractivity contribution in [1.29, 1.82) is 0 Å². The zero-order valence-electron chi connectivity index (χ0n) is 19.4. The maximum absolute atomic E-state index is 14.7. The minimum absolute atomic E-state index is 0. The Kier molecular flexibility index (Phi) is 6.16. The number of aromatic nitrogens is 5. The van der Waals surface area contributed by atoms with Crippen LogP contribution in [0.2, 0.25) is 0 Å². The summed E-state index contributed by atoms with van der Waals surface area (Å²) in [6.07, 6.45) is 3.42. The quantitative estimate of drug-likeness (QED) is 0.412. The number of morpholine rings is 1. The molecule has 4 aromatic rings. The van der Waals surface area contributed by atoms with Crippen LogP contribution in [0.1, 0.15) is 29.7 Å². The number of nitrogens with zero attached hydrogens (tertiary/aromatic N) is 6. The summed E-state index contributed by atoms with van der Waals surface area (Å²) in [6, 6.07) is 6.66. The van der Waals surface area contributed by atoms with Crippen LogP contribution in [0.3, 0.4) is 0 Å². The second-order valence-corrected chi connectivity index (χ2v) is 8.72. The van der Waals surface area contributed by atoms with E-state index in [-0.39, 0.29) is 16.0 Å². The number of nitrogens with two attached hydrogens (primary N) is 1. The zero-order chi connectivity index (χ0) is 24.5. The lowest BCUT2D eigenvalue weighted by molar-refractivity contribution is 0.122. The highest BCUT2D eigenvalue weighted by Crippen LogP contribution is 2.33. The number of hydrogen-bond donors (Lipinski definition) is 2. The molecule has 35 heavy (non-hydrogen) atoms. The van der Waals surface area contributed by atoms with Crippen LogP contribution in [0.4, 0.5) is 26.4 Å². The summed E-state index contributed by atoms with van der Waals surface area (Å²) in [4.78, 5) is 16.0. The molecule has 0 aliphatic carbocycles. The van der Waals surface area contributed by atoms with Crippen molar-refractivity contribution in [3.63, 3.8) is 0 Å². The first-order valence-electron chi connectivity index (χ1n) is 11.4. The average Bonchev–Trinajstić information content (AvgIpc) is 3.19. The third kappa shape index (κ3) is 4.59. The van der Waals surface area contributed by atoms with E-state index in [0.29, 0.717) is 60.5 Å². The molecule has 0 amide bonds. The fraction of sp³-hybridized carbons (Fsp3) is 0.333. The molecular weight excluding hydrogens is 454 g/mol. The van der Waals surface area contributed by atoms with Crippen LogP contribution in [0, 0.1) is 17.6 Å². The molecule has 11 heteroatoms. The van der Waals surface area contributed by atoms with Gasteiger partial charge in [-0.1, -0.05) is 19.9 Å². The maximum atomic E-state index is 14.7. The fourth-order valence-corrected chi connectivity index (χ4v) is 4.21. The monoisotopic (exact) mass is 486 g/mol. The number of nitrogen functional groups attached to an aromatic ring is 1. The van der Waals surface area contributed by atoms with Gasteiger partial charge < -0.3 is 20.7 Å². The van der Waals surface area contributed by atoms with Crippen molar-refractivity contribution in [2.45, 2.75) is 19.9 Å². The number of ether oxygens (including phenoxy) is 1. The normalized spacial score (nSPS) is 15.1. The van der Waals surface area contributed by atoms with Gasteiger partial charge >= 0.3 is 0 Å². The number of rotatable bonds is 6. The van der Waals surface area contributed by atoms with Gasteiger partial charge in [0, 0.05) is 47.5 Å². The SMILES string of the molecule is CC(C)[C@H](Nc1cc(-c2c(N)nn3cccnc23)nc(N2CCOCC2)n1)c1ccc(F)cc1F.[HH].[HH].[HH]. The highest BCUT2D eigenvalue weighted by molar-refractivity contribution is 5.85. The van der Waals surface area contributed by atoms with Gasteiger partial charge in [0.2, 0.25) is 5.95 Å². The summed E-state index contributed by atoms with van der Waals surface area (Å²) in [7, 11) is 0. The van der Waals surface area contributed by atoms with Crippen LogP contribution in [0.25, 0.3) is 16.9 Å². The second-order valence-electron chi connectivity index (χ2n) is 8.72. The Morgan fingerprint density at radius 3 is 2.69 bits per heavy atom. The fourth-order valence-electron chi connectivity index (χ4n) is 4.21.